The van der Waals surface area contributed by atoms with Crippen LogP contribution in [0.1, 0.15) is 23.7 Å². The molecule has 2 aromatic carbocycles. The molecule has 1 saturated heterocycles. The summed E-state index contributed by atoms with van der Waals surface area (Å²) in [6, 6.07) is 13.4. The number of benzene rings is 2. The highest BCUT2D eigenvalue weighted by atomic mass is 35.5. The lowest BCUT2D eigenvalue weighted by Gasteiger charge is -2.29. The van der Waals surface area contributed by atoms with Gasteiger partial charge in [-0.2, -0.15) is 0 Å². The van der Waals surface area contributed by atoms with E-state index >= 15 is 0 Å². The second-order valence-corrected chi connectivity index (χ2v) is 8.61. The minimum atomic E-state index is -1.29. The summed E-state index contributed by atoms with van der Waals surface area (Å²) >= 11 is 6.15. The zero-order chi connectivity index (χ0) is 22.2. The third kappa shape index (κ3) is 3.85. The minimum absolute atomic E-state index is 0.124. The molecule has 32 heavy (non-hydrogen) atoms. The highest BCUT2D eigenvalue weighted by Crippen LogP contribution is 2.50. The van der Waals surface area contributed by atoms with E-state index in [-0.39, 0.29) is 18.4 Å². The second kappa shape index (κ2) is 8.33. The summed E-state index contributed by atoms with van der Waals surface area (Å²) in [5.74, 6) is 0.209. The Balaban J connectivity index is 1.31. The van der Waals surface area contributed by atoms with Crippen LogP contribution in [0.2, 0.25) is 5.02 Å². The summed E-state index contributed by atoms with van der Waals surface area (Å²) in [5, 5.41) is 27.9. The molecule has 5 rings (SSSR count). The number of carbonyl (C=O) groups is 2. The van der Waals surface area contributed by atoms with E-state index in [0.717, 1.165) is 17.5 Å². The summed E-state index contributed by atoms with van der Waals surface area (Å²) in [6.07, 6.45) is -0.377. The van der Waals surface area contributed by atoms with Crippen molar-refractivity contribution in [1.29, 1.82) is 0 Å². The Morgan fingerprint density at radius 3 is 2.81 bits per heavy atom. The zero-order valence-corrected chi connectivity index (χ0v) is 17.7. The van der Waals surface area contributed by atoms with Crippen molar-refractivity contribution in [3.05, 3.63) is 64.7 Å². The van der Waals surface area contributed by atoms with Gasteiger partial charge in [-0.3, -0.25) is 9.59 Å². The molecule has 4 atom stereocenters. The molecule has 0 radical (unpaired) electrons. The third-order valence-corrected chi connectivity index (χ3v) is 6.41. The Bertz CT molecular complexity index is 1140. The van der Waals surface area contributed by atoms with E-state index in [1.807, 2.05) is 6.07 Å². The zero-order valence-electron chi connectivity index (χ0n) is 17.0. The van der Waals surface area contributed by atoms with Gasteiger partial charge in [-0.1, -0.05) is 41.9 Å². The van der Waals surface area contributed by atoms with Crippen molar-refractivity contribution < 1.29 is 14.7 Å². The maximum Gasteiger partial charge on any atom is 0.256 e. The predicted molar refractivity (Wildman–Crippen MR) is 115 cm³/mol. The van der Waals surface area contributed by atoms with Gasteiger partial charge >= 0.3 is 0 Å². The Morgan fingerprint density at radius 2 is 2.06 bits per heavy atom. The van der Waals surface area contributed by atoms with Crippen molar-refractivity contribution in [2.24, 2.45) is 11.8 Å². The smallest absolute Gasteiger partial charge is 0.256 e. The molecule has 1 aliphatic heterocycles. The number of H-pyrrole nitrogens is 1. The van der Waals surface area contributed by atoms with Crippen molar-refractivity contribution in [2.75, 3.05) is 6.54 Å². The van der Waals surface area contributed by atoms with E-state index in [9.17, 15) is 14.7 Å². The van der Waals surface area contributed by atoms with Gasteiger partial charge in [0.15, 0.2) is 11.9 Å². The number of aromatic amines is 1. The first-order chi connectivity index (χ1) is 15.5. The number of likely N-dealkylation sites (tertiary alicyclic amines) is 1. The number of halogens is 1. The number of fused-ring (bicyclic) bond motifs is 1. The van der Waals surface area contributed by atoms with Gasteiger partial charge in [0.2, 0.25) is 5.91 Å². The number of hydrogen-bond donors (Lipinski definition) is 3. The van der Waals surface area contributed by atoms with Crippen molar-refractivity contribution in [3.8, 4) is 11.4 Å². The average molecular weight is 453 g/mol. The topological polar surface area (TPSA) is 124 Å². The molecule has 10 heteroatoms. The Kier molecular flexibility index (Phi) is 5.36. The quantitative estimate of drug-likeness (QED) is 0.523. The molecule has 1 saturated carbocycles. The first-order valence-electron chi connectivity index (χ1n) is 10.4. The third-order valence-electron chi connectivity index (χ3n) is 6.17. The molecular formula is C22H21ClN6O3. The summed E-state index contributed by atoms with van der Waals surface area (Å²) in [5.41, 5.74) is 1.99. The summed E-state index contributed by atoms with van der Waals surface area (Å²) in [6.45, 7) is 0.685. The van der Waals surface area contributed by atoms with Crippen LogP contribution in [-0.2, 0) is 16.1 Å². The molecular weight excluding hydrogens is 432 g/mol. The Morgan fingerprint density at radius 1 is 1.25 bits per heavy atom. The van der Waals surface area contributed by atoms with Gasteiger partial charge in [-0.05, 0) is 58.0 Å². The van der Waals surface area contributed by atoms with Gasteiger partial charge in [0, 0.05) is 23.7 Å². The molecule has 2 aliphatic rings. The first kappa shape index (κ1) is 20.6. The molecule has 3 aromatic rings. The Hall–Kier alpha value is -3.30. The van der Waals surface area contributed by atoms with E-state index in [2.05, 4.69) is 25.9 Å². The highest BCUT2D eigenvalue weighted by molar-refractivity contribution is 6.30. The number of aliphatic hydroxyl groups is 1. The molecule has 9 nitrogen and oxygen atoms in total. The van der Waals surface area contributed by atoms with Crippen molar-refractivity contribution in [2.45, 2.75) is 25.1 Å². The van der Waals surface area contributed by atoms with Crippen LogP contribution in [0, 0.1) is 11.8 Å². The molecule has 1 aromatic heterocycles. The lowest BCUT2D eigenvalue weighted by Crippen LogP contribution is -2.49. The van der Waals surface area contributed by atoms with Crippen molar-refractivity contribution in [1.82, 2.24) is 30.8 Å². The van der Waals surface area contributed by atoms with E-state index in [1.54, 1.807) is 42.5 Å². The van der Waals surface area contributed by atoms with E-state index in [1.165, 1.54) is 4.90 Å². The number of carbonyl (C=O) groups excluding carboxylic acids is 2. The maximum atomic E-state index is 13.1. The molecule has 0 spiro atoms. The number of aliphatic hydroxyl groups excluding tert-OH is 1. The molecule has 2 fully saturated rings. The molecule has 0 unspecified atom stereocenters. The van der Waals surface area contributed by atoms with Gasteiger partial charge in [0.05, 0.1) is 0 Å². The number of nitrogens with one attached hydrogen (secondary N) is 2. The van der Waals surface area contributed by atoms with Gasteiger partial charge in [-0.25, -0.2) is 5.10 Å². The SMILES string of the molecule is O=C(NCc1cc(Cl)ccc1-c1nnn[nH]1)[C@@H]1[C@H]2C[C@H]2CN1C(=O)[C@H](O)c1ccccc1. The largest absolute Gasteiger partial charge is 0.378 e. The number of tetrazole rings is 1. The van der Waals surface area contributed by atoms with Crippen molar-refractivity contribution >= 4 is 23.4 Å². The molecule has 2 amide bonds. The monoisotopic (exact) mass is 452 g/mol. The predicted octanol–water partition coefficient (Wildman–Crippen LogP) is 1.72. The number of hydrogen-bond acceptors (Lipinski definition) is 6. The van der Waals surface area contributed by atoms with E-state index in [0.29, 0.717) is 28.9 Å². The van der Waals surface area contributed by atoms with E-state index in [4.69, 9.17) is 11.6 Å². The van der Waals surface area contributed by atoms with Gasteiger partial charge in [0.25, 0.3) is 5.91 Å². The van der Waals surface area contributed by atoms with Crippen LogP contribution in [0.25, 0.3) is 11.4 Å². The van der Waals surface area contributed by atoms with Crippen LogP contribution in [0.3, 0.4) is 0 Å². The van der Waals surface area contributed by atoms with Crippen molar-refractivity contribution in [3.63, 3.8) is 0 Å². The summed E-state index contributed by atoms with van der Waals surface area (Å²) < 4.78 is 0. The molecule has 164 valence electrons. The highest BCUT2D eigenvalue weighted by Gasteiger charge is 2.57. The fourth-order valence-electron chi connectivity index (χ4n) is 4.46. The summed E-state index contributed by atoms with van der Waals surface area (Å²) in [7, 11) is 0. The molecule has 0 bridgehead atoms. The van der Waals surface area contributed by atoms with Crippen LogP contribution >= 0.6 is 11.6 Å². The van der Waals surface area contributed by atoms with Crippen LogP contribution < -0.4 is 5.32 Å². The van der Waals surface area contributed by atoms with Gasteiger partial charge in [0.1, 0.15) is 6.04 Å². The molecule has 1 aliphatic carbocycles. The molecule has 3 N–H and O–H groups in total. The number of amides is 2. The maximum absolute atomic E-state index is 13.1. The standard InChI is InChI=1S/C22H21ClN6O3/c23-15-6-7-16(20-25-27-28-26-20)13(8-15)10-24-21(31)18-17-9-14(17)11-29(18)22(32)19(30)12-4-2-1-3-5-12/h1-8,14,17-19,30H,9-11H2,(H,24,31)(H,25,26,27,28)/t14-,17-,18-,19+/m0/s1. The van der Waals surface area contributed by atoms with Gasteiger partial charge in [-0.15, -0.1) is 5.10 Å². The number of aromatic nitrogens is 4. The minimum Gasteiger partial charge on any atom is -0.378 e. The number of rotatable bonds is 6. The first-order valence-corrected chi connectivity index (χ1v) is 10.7. The average Bonchev–Trinajstić information content (AvgIpc) is 3.21. The van der Waals surface area contributed by atoms with Crippen LogP contribution in [0.5, 0.6) is 0 Å². The lowest BCUT2D eigenvalue weighted by molar-refractivity contribution is -0.146. The number of piperidine rings is 1. The normalized spacial score (nSPS) is 22.3. The van der Waals surface area contributed by atoms with Gasteiger partial charge < -0.3 is 15.3 Å². The number of nitrogens with zero attached hydrogens (tertiary/aromatic N) is 4. The summed E-state index contributed by atoms with van der Waals surface area (Å²) in [4.78, 5) is 27.7. The lowest BCUT2D eigenvalue weighted by atomic mass is 10.1. The van der Waals surface area contributed by atoms with E-state index < -0.39 is 18.1 Å². The van der Waals surface area contributed by atoms with Crippen LogP contribution in [-0.4, -0.2) is 55.0 Å². The fourth-order valence-corrected chi connectivity index (χ4v) is 4.66. The Labute approximate surface area is 188 Å². The van der Waals surface area contributed by atoms with Crippen LogP contribution in [0.4, 0.5) is 0 Å². The second-order valence-electron chi connectivity index (χ2n) is 8.18. The fraction of sp³-hybridized carbons (Fsp3) is 0.318. The molecule has 2 heterocycles. The van der Waals surface area contributed by atoms with Crippen LogP contribution in [0.15, 0.2) is 48.5 Å².